The van der Waals surface area contributed by atoms with Gasteiger partial charge in [-0.25, -0.2) is 0 Å². The molecule has 1 aliphatic rings. The van der Waals surface area contributed by atoms with Gasteiger partial charge in [0.2, 0.25) is 0 Å². The third kappa shape index (κ3) is 3.61. The summed E-state index contributed by atoms with van der Waals surface area (Å²) in [4.78, 5) is 20.7. The van der Waals surface area contributed by atoms with Crippen molar-refractivity contribution >= 4 is 17.5 Å². The van der Waals surface area contributed by atoms with E-state index in [9.17, 15) is 4.79 Å². The molecule has 1 amide bonds. The Morgan fingerprint density at radius 2 is 2.25 bits per heavy atom. The maximum Gasteiger partial charge on any atom is 0.257 e. The highest BCUT2D eigenvalue weighted by Crippen LogP contribution is 2.18. The van der Waals surface area contributed by atoms with Crippen LogP contribution in [0.25, 0.3) is 0 Å². The monoisotopic (exact) mass is 297 g/mol. The van der Waals surface area contributed by atoms with E-state index in [1.165, 1.54) is 0 Å². The molecule has 1 aliphatic heterocycles. The van der Waals surface area contributed by atoms with Gasteiger partial charge in [0.1, 0.15) is 5.75 Å². The second-order valence-corrected chi connectivity index (χ2v) is 5.13. The predicted octanol–water partition coefficient (Wildman–Crippen LogP) is 1.48. The lowest BCUT2D eigenvalue weighted by molar-refractivity contribution is 0.0758. The van der Waals surface area contributed by atoms with Crippen LogP contribution in [0.5, 0.6) is 5.75 Å². The zero-order chi connectivity index (χ0) is 14.4. The minimum atomic E-state index is 0.0111. The molecule has 0 saturated carbocycles. The van der Waals surface area contributed by atoms with Crippen LogP contribution in [0, 0.1) is 0 Å². The molecule has 20 heavy (non-hydrogen) atoms. The Morgan fingerprint density at radius 3 is 3.00 bits per heavy atom. The maximum absolute atomic E-state index is 12.6. The highest BCUT2D eigenvalue weighted by Gasteiger charge is 2.22. The molecule has 2 rings (SSSR count). The number of nitrogens with zero attached hydrogens (tertiary/aromatic N) is 3. The van der Waals surface area contributed by atoms with E-state index in [-0.39, 0.29) is 5.91 Å². The summed E-state index contributed by atoms with van der Waals surface area (Å²) in [6.07, 6.45) is 4.16. The Hall–Kier alpha value is -1.33. The van der Waals surface area contributed by atoms with Gasteiger partial charge in [-0.3, -0.25) is 9.78 Å². The van der Waals surface area contributed by atoms with Gasteiger partial charge in [-0.15, -0.1) is 11.6 Å². The second kappa shape index (κ2) is 7.45. The topological polar surface area (TPSA) is 45.7 Å². The number of aromatic nitrogens is 1. The van der Waals surface area contributed by atoms with Gasteiger partial charge in [-0.2, -0.15) is 0 Å². The molecule has 1 aromatic heterocycles. The molecule has 2 heterocycles. The molecule has 1 fully saturated rings. The van der Waals surface area contributed by atoms with E-state index in [0.29, 0.717) is 17.2 Å². The molecular formula is C14H20ClN3O2. The van der Waals surface area contributed by atoms with Gasteiger partial charge in [0.25, 0.3) is 5.91 Å². The van der Waals surface area contributed by atoms with Crippen LogP contribution in [-0.4, -0.2) is 66.4 Å². The van der Waals surface area contributed by atoms with Gasteiger partial charge >= 0.3 is 0 Å². The summed E-state index contributed by atoms with van der Waals surface area (Å²) < 4.78 is 5.21. The fraction of sp³-hybridized carbons (Fsp3) is 0.571. The van der Waals surface area contributed by atoms with Crippen LogP contribution in [-0.2, 0) is 0 Å². The SMILES string of the molecule is COc1cnccc1C(=O)N1CCCN(CCCl)CC1. The molecule has 0 atom stereocenters. The Labute approximate surface area is 124 Å². The average molecular weight is 298 g/mol. The van der Waals surface area contributed by atoms with E-state index in [1.807, 2.05) is 4.90 Å². The molecule has 6 heteroatoms. The molecule has 0 radical (unpaired) electrons. The van der Waals surface area contributed by atoms with Gasteiger partial charge in [0.15, 0.2) is 0 Å². The Bertz CT molecular complexity index is 456. The summed E-state index contributed by atoms with van der Waals surface area (Å²) in [6, 6.07) is 1.71. The molecule has 1 saturated heterocycles. The van der Waals surface area contributed by atoms with E-state index in [1.54, 1.807) is 25.6 Å². The number of amides is 1. The molecule has 5 nitrogen and oxygen atoms in total. The van der Waals surface area contributed by atoms with Crippen LogP contribution < -0.4 is 4.74 Å². The van der Waals surface area contributed by atoms with Crippen molar-refractivity contribution in [2.45, 2.75) is 6.42 Å². The molecule has 0 unspecified atom stereocenters. The van der Waals surface area contributed by atoms with Crippen molar-refractivity contribution in [1.82, 2.24) is 14.8 Å². The first-order valence-electron chi connectivity index (χ1n) is 6.82. The maximum atomic E-state index is 12.6. The molecule has 110 valence electrons. The summed E-state index contributed by atoms with van der Waals surface area (Å²) in [5, 5.41) is 0. The Morgan fingerprint density at radius 1 is 1.40 bits per heavy atom. The number of alkyl halides is 1. The molecule has 0 aromatic carbocycles. The van der Waals surface area contributed by atoms with Crippen LogP contribution in [0.2, 0.25) is 0 Å². The van der Waals surface area contributed by atoms with Crippen molar-refractivity contribution in [3.05, 3.63) is 24.0 Å². The molecule has 0 N–H and O–H groups in total. The minimum Gasteiger partial charge on any atom is -0.494 e. The number of halogens is 1. The van der Waals surface area contributed by atoms with Crippen molar-refractivity contribution < 1.29 is 9.53 Å². The van der Waals surface area contributed by atoms with Gasteiger partial charge < -0.3 is 14.5 Å². The quantitative estimate of drug-likeness (QED) is 0.790. The van der Waals surface area contributed by atoms with Gasteiger partial charge in [0, 0.05) is 38.3 Å². The summed E-state index contributed by atoms with van der Waals surface area (Å²) in [5.41, 5.74) is 0.577. The first-order valence-corrected chi connectivity index (χ1v) is 7.35. The standard InChI is InChI=1S/C14H20ClN3O2/c1-20-13-11-16-5-3-12(13)14(19)18-7-2-6-17(8-4-15)9-10-18/h3,5,11H,2,4,6-10H2,1H3. The lowest BCUT2D eigenvalue weighted by atomic mass is 10.2. The number of carbonyl (C=O) groups excluding carboxylic acids is 1. The predicted molar refractivity (Wildman–Crippen MR) is 78.5 cm³/mol. The average Bonchev–Trinajstić information content (AvgIpc) is 2.72. The largest absolute Gasteiger partial charge is 0.494 e. The minimum absolute atomic E-state index is 0.0111. The smallest absolute Gasteiger partial charge is 0.257 e. The van der Waals surface area contributed by atoms with E-state index in [4.69, 9.17) is 16.3 Å². The van der Waals surface area contributed by atoms with Crippen molar-refractivity contribution in [1.29, 1.82) is 0 Å². The van der Waals surface area contributed by atoms with Crippen LogP contribution in [0.4, 0.5) is 0 Å². The Kier molecular flexibility index (Phi) is 5.61. The van der Waals surface area contributed by atoms with Gasteiger partial charge in [-0.05, 0) is 19.0 Å². The summed E-state index contributed by atoms with van der Waals surface area (Å²) in [6.45, 7) is 4.22. The molecule has 0 aliphatic carbocycles. The van der Waals surface area contributed by atoms with Crippen LogP contribution >= 0.6 is 11.6 Å². The van der Waals surface area contributed by atoms with Crippen LogP contribution in [0.3, 0.4) is 0 Å². The van der Waals surface area contributed by atoms with Gasteiger partial charge in [-0.1, -0.05) is 0 Å². The molecular weight excluding hydrogens is 278 g/mol. The van der Waals surface area contributed by atoms with Crippen LogP contribution in [0.1, 0.15) is 16.8 Å². The summed E-state index contributed by atoms with van der Waals surface area (Å²) >= 11 is 5.78. The highest BCUT2D eigenvalue weighted by atomic mass is 35.5. The molecule has 0 bridgehead atoms. The van der Waals surface area contributed by atoms with E-state index < -0.39 is 0 Å². The first-order chi connectivity index (χ1) is 9.76. The first kappa shape index (κ1) is 15.1. The fourth-order valence-corrected chi connectivity index (χ4v) is 2.65. The zero-order valence-electron chi connectivity index (χ0n) is 11.7. The number of pyridine rings is 1. The number of hydrogen-bond donors (Lipinski definition) is 0. The second-order valence-electron chi connectivity index (χ2n) is 4.75. The number of methoxy groups -OCH3 is 1. The lowest BCUT2D eigenvalue weighted by Gasteiger charge is -2.22. The number of carbonyl (C=O) groups is 1. The number of ether oxygens (including phenoxy) is 1. The van der Waals surface area contributed by atoms with E-state index in [2.05, 4.69) is 9.88 Å². The lowest BCUT2D eigenvalue weighted by Crippen LogP contribution is -2.35. The molecule has 1 aromatic rings. The Balaban J connectivity index is 2.05. The van der Waals surface area contributed by atoms with Crippen molar-refractivity contribution in [2.75, 3.05) is 45.7 Å². The van der Waals surface area contributed by atoms with Crippen LogP contribution in [0.15, 0.2) is 18.5 Å². The summed E-state index contributed by atoms with van der Waals surface area (Å²) in [5.74, 6) is 1.17. The third-order valence-electron chi connectivity index (χ3n) is 3.51. The number of hydrogen-bond acceptors (Lipinski definition) is 4. The number of rotatable bonds is 4. The third-order valence-corrected chi connectivity index (χ3v) is 3.68. The van der Waals surface area contributed by atoms with Crippen molar-refractivity contribution in [3.8, 4) is 5.75 Å². The van der Waals surface area contributed by atoms with Crippen molar-refractivity contribution in [3.63, 3.8) is 0 Å². The fourth-order valence-electron chi connectivity index (χ4n) is 2.41. The highest BCUT2D eigenvalue weighted by molar-refractivity contribution is 6.18. The van der Waals surface area contributed by atoms with Gasteiger partial charge in [0.05, 0.1) is 18.9 Å². The molecule has 0 spiro atoms. The zero-order valence-corrected chi connectivity index (χ0v) is 12.5. The van der Waals surface area contributed by atoms with E-state index in [0.717, 1.165) is 39.1 Å². The summed E-state index contributed by atoms with van der Waals surface area (Å²) in [7, 11) is 1.55. The van der Waals surface area contributed by atoms with E-state index >= 15 is 0 Å². The van der Waals surface area contributed by atoms with Crippen molar-refractivity contribution in [2.24, 2.45) is 0 Å². The normalized spacial score (nSPS) is 16.8.